The fourth-order valence-corrected chi connectivity index (χ4v) is 2.09. The lowest BCUT2D eigenvalue weighted by Crippen LogP contribution is -2.39. The molecule has 1 heterocycles. The molecule has 1 aliphatic rings. The number of nitrogens with zero attached hydrogens (tertiary/aromatic N) is 3. The van der Waals surface area contributed by atoms with E-state index in [0.29, 0.717) is 5.96 Å². The second kappa shape index (κ2) is 5.04. The molecule has 1 unspecified atom stereocenters. The molecule has 4 heteroatoms. The highest BCUT2D eigenvalue weighted by Gasteiger charge is 2.21. The molecule has 0 radical (unpaired) electrons. The highest BCUT2D eigenvalue weighted by atomic mass is 15.2. The van der Waals surface area contributed by atoms with Gasteiger partial charge in [-0.05, 0) is 46.7 Å². The standard InChI is InChI=1S/C12H26N4/c1-12(2,3)14-11(13)16(5)9-10-6-7-15(4)8-10/h10H,6-9H2,1-5H3,(H2,13,14). The first-order valence-corrected chi connectivity index (χ1v) is 6.03. The molecule has 0 aliphatic carbocycles. The van der Waals surface area contributed by atoms with E-state index in [1.54, 1.807) is 0 Å². The zero-order valence-corrected chi connectivity index (χ0v) is 11.3. The van der Waals surface area contributed by atoms with Gasteiger partial charge >= 0.3 is 0 Å². The molecule has 94 valence electrons. The van der Waals surface area contributed by atoms with Crippen LogP contribution in [-0.4, -0.2) is 55.0 Å². The van der Waals surface area contributed by atoms with Gasteiger partial charge in [0.2, 0.25) is 0 Å². The molecule has 4 nitrogen and oxygen atoms in total. The Morgan fingerprint density at radius 1 is 1.50 bits per heavy atom. The maximum absolute atomic E-state index is 5.98. The van der Waals surface area contributed by atoms with Crippen LogP contribution in [0.25, 0.3) is 0 Å². The lowest BCUT2D eigenvalue weighted by molar-refractivity contribution is 0.351. The summed E-state index contributed by atoms with van der Waals surface area (Å²) in [6, 6.07) is 0. The van der Waals surface area contributed by atoms with Gasteiger partial charge in [0.15, 0.2) is 5.96 Å². The number of likely N-dealkylation sites (tertiary alicyclic amines) is 1. The first-order valence-electron chi connectivity index (χ1n) is 6.03. The summed E-state index contributed by atoms with van der Waals surface area (Å²) >= 11 is 0. The lowest BCUT2D eigenvalue weighted by atomic mass is 10.1. The van der Waals surface area contributed by atoms with Gasteiger partial charge in [0.1, 0.15) is 0 Å². The van der Waals surface area contributed by atoms with E-state index in [4.69, 9.17) is 5.73 Å². The average Bonchev–Trinajstić information content (AvgIpc) is 2.48. The molecule has 0 spiro atoms. The van der Waals surface area contributed by atoms with Crippen LogP contribution in [0.5, 0.6) is 0 Å². The minimum Gasteiger partial charge on any atom is -0.370 e. The van der Waals surface area contributed by atoms with Crippen LogP contribution in [0.1, 0.15) is 27.2 Å². The van der Waals surface area contributed by atoms with Crippen molar-refractivity contribution in [1.82, 2.24) is 9.80 Å². The topological polar surface area (TPSA) is 44.9 Å². The molecule has 16 heavy (non-hydrogen) atoms. The van der Waals surface area contributed by atoms with Gasteiger partial charge in [-0.15, -0.1) is 0 Å². The Bertz CT molecular complexity index is 254. The third-order valence-corrected chi connectivity index (χ3v) is 2.86. The van der Waals surface area contributed by atoms with E-state index in [2.05, 4.69) is 42.6 Å². The Balaban J connectivity index is 2.46. The SMILES string of the molecule is CN1CCC(CN(C)C(N)=NC(C)(C)C)C1. The molecule has 1 aliphatic heterocycles. The van der Waals surface area contributed by atoms with Crippen molar-refractivity contribution in [1.29, 1.82) is 0 Å². The van der Waals surface area contributed by atoms with Crippen LogP contribution in [0.3, 0.4) is 0 Å². The minimum absolute atomic E-state index is 0.0924. The number of aliphatic imine (C=N–C) groups is 1. The number of hydrogen-bond donors (Lipinski definition) is 1. The van der Waals surface area contributed by atoms with E-state index in [0.717, 1.165) is 12.5 Å². The van der Waals surface area contributed by atoms with Crippen molar-refractivity contribution in [2.24, 2.45) is 16.6 Å². The van der Waals surface area contributed by atoms with Gasteiger partial charge in [-0.3, -0.25) is 0 Å². The molecule has 0 aromatic carbocycles. The Morgan fingerprint density at radius 3 is 2.56 bits per heavy atom. The second-order valence-electron chi connectivity index (χ2n) is 5.94. The van der Waals surface area contributed by atoms with Gasteiger partial charge in [-0.1, -0.05) is 0 Å². The van der Waals surface area contributed by atoms with Crippen molar-refractivity contribution in [3.05, 3.63) is 0 Å². The minimum atomic E-state index is -0.0924. The van der Waals surface area contributed by atoms with Crippen LogP contribution in [0.15, 0.2) is 4.99 Å². The van der Waals surface area contributed by atoms with Crippen molar-refractivity contribution in [2.45, 2.75) is 32.7 Å². The summed E-state index contributed by atoms with van der Waals surface area (Å²) in [5.41, 5.74) is 5.89. The van der Waals surface area contributed by atoms with Crippen molar-refractivity contribution in [3.8, 4) is 0 Å². The van der Waals surface area contributed by atoms with Gasteiger partial charge in [-0.2, -0.15) is 0 Å². The van der Waals surface area contributed by atoms with Crippen molar-refractivity contribution in [2.75, 3.05) is 33.7 Å². The number of guanidine groups is 1. The third-order valence-electron chi connectivity index (χ3n) is 2.86. The van der Waals surface area contributed by atoms with Crippen molar-refractivity contribution in [3.63, 3.8) is 0 Å². The summed E-state index contributed by atoms with van der Waals surface area (Å²) in [7, 11) is 4.20. The van der Waals surface area contributed by atoms with E-state index in [-0.39, 0.29) is 5.54 Å². The number of rotatable bonds is 2. The van der Waals surface area contributed by atoms with E-state index < -0.39 is 0 Å². The number of hydrogen-bond acceptors (Lipinski definition) is 2. The summed E-state index contributed by atoms with van der Waals surface area (Å²) in [6.45, 7) is 9.59. The fourth-order valence-electron chi connectivity index (χ4n) is 2.09. The number of nitrogens with two attached hydrogens (primary N) is 1. The van der Waals surface area contributed by atoms with Gasteiger partial charge < -0.3 is 15.5 Å². The van der Waals surface area contributed by atoms with Crippen LogP contribution >= 0.6 is 0 Å². The Labute approximate surface area is 99.5 Å². The van der Waals surface area contributed by atoms with Gasteiger partial charge in [0, 0.05) is 20.1 Å². The molecule has 1 atom stereocenters. The highest BCUT2D eigenvalue weighted by Crippen LogP contribution is 2.15. The summed E-state index contributed by atoms with van der Waals surface area (Å²) in [5, 5.41) is 0. The normalized spacial score (nSPS) is 23.8. The molecule has 0 saturated carbocycles. The maximum atomic E-state index is 5.98. The highest BCUT2D eigenvalue weighted by molar-refractivity contribution is 5.78. The lowest BCUT2D eigenvalue weighted by Gasteiger charge is -2.24. The van der Waals surface area contributed by atoms with Gasteiger partial charge in [0.25, 0.3) is 0 Å². The summed E-state index contributed by atoms with van der Waals surface area (Å²) in [4.78, 5) is 8.93. The van der Waals surface area contributed by atoms with E-state index in [1.807, 2.05) is 7.05 Å². The van der Waals surface area contributed by atoms with E-state index >= 15 is 0 Å². The molecule has 1 saturated heterocycles. The van der Waals surface area contributed by atoms with Crippen LogP contribution < -0.4 is 5.73 Å². The predicted octanol–water partition coefficient (Wildman–Crippen LogP) is 0.983. The largest absolute Gasteiger partial charge is 0.370 e. The fraction of sp³-hybridized carbons (Fsp3) is 0.917. The van der Waals surface area contributed by atoms with Crippen LogP contribution in [0.2, 0.25) is 0 Å². The molecular formula is C12H26N4. The second-order valence-corrected chi connectivity index (χ2v) is 5.94. The van der Waals surface area contributed by atoms with Gasteiger partial charge in [0.05, 0.1) is 5.54 Å². The van der Waals surface area contributed by atoms with E-state index in [9.17, 15) is 0 Å². The Hall–Kier alpha value is -0.770. The quantitative estimate of drug-likeness (QED) is 0.564. The molecule has 0 aromatic heterocycles. The van der Waals surface area contributed by atoms with E-state index in [1.165, 1.54) is 19.5 Å². The van der Waals surface area contributed by atoms with Crippen molar-refractivity contribution >= 4 is 5.96 Å². The predicted molar refractivity (Wildman–Crippen MR) is 69.6 cm³/mol. The zero-order valence-electron chi connectivity index (χ0n) is 11.3. The Kier molecular flexibility index (Phi) is 4.19. The van der Waals surface area contributed by atoms with Crippen LogP contribution in [-0.2, 0) is 0 Å². The first-order chi connectivity index (χ1) is 7.28. The molecule has 1 rings (SSSR count). The summed E-state index contributed by atoms with van der Waals surface area (Å²) in [6.07, 6.45) is 1.27. The first kappa shape index (κ1) is 13.3. The van der Waals surface area contributed by atoms with Gasteiger partial charge in [-0.25, -0.2) is 4.99 Å². The third kappa shape index (κ3) is 4.39. The molecule has 0 bridgehead atoms. The maximum Gasteiger partial charge on any atom is 0.191 e. The van der Waals surface area contributed by atoms with Crippen LogP contribution in [0, 0.1) is 5.92 Å². The molecular weight excluding hydrogens is 200 g/mol. The van der Waals surface area contributed by atoms with Crippen molar-refractivity contribution < 1.29 is 0 Å². The zero-order chi connectivity index (χ0) is 12.3. The summed E-state index contributed by atoms with van der Waals surface area (Å²) < 4.78 is 0. The molecule has 0 aromatic rings. The molecule has 2 N–H and O–H groups in total. The summed E-state index contributed by atoms with van der Waals surface area (Å²) in [5.74, 6) is 1.38. The monoisotopic (exact) mass is 226 g/mol. The smallest absolute Gasteiger partial charge is 0.191 e. The van der Waals surface area contributed by atoms with Crippen LogP contribution in [0.4, 0.5) is 0 Å². The molecule has 0 amide bonds. The molecule has 1 fully saturated rings. The average molecular weight is 226 g/mol. The Morgan fingerprint density at radius 2 is 2.12 bits per heavy atom.